The van der Waals surface area contributed by atoms with Gasteiger partial charge in [-0.1, -0.05) is 18.2 Å². The molecule has 0 unspecified atom stereocenters. The minimum Gasteiger partial charge on any atom is -0.490 e. The van der Waals surface area contributed by atoms with Crippen LogP contribution in [0.5, 0.6) is 5.75 Å². The van der Waals surface area contributed by atoms with Gasteiger partial charge in [0, 0.05) is 19.3 Å². The number of carboxylic acids is 1. The first-order valence-electron chi connectivity index (χ1n) is 6.80. The molecular weight excluding hydrogens is 244 g/mol. The first kappa shape index (κ1) is 13.9. The Labute approximate surface area is 113 Å². The van der Waals surface area contributed by atoms with Gasteiger partial charge in [-0.15, -0.1) is 0 Å². The van der Waals surface area contributed by atoms with Gasteiger partial charge in [0.1, 0.15) is 11.9 Å². The maximum Gasteiger partial charge on any atom is 0.303 e. The average Bonchev–Trinajstić information content (AvgIpc) is 2.41. The fourth-order valence-corrected chi connectivity index (χ4v) is 2.23. The van der Waals surface area contributed by atoms with Crippen LogP contribution in [0.15, 0.2) is 24.3 Å². The Hall–Kier alpha value is -1.55. The van der Waals surface area contributed by atoms with Crippen molar-refractivity contribution < 1.29 is 19.4 Å². The van der Waals surface area contributed by atoms with Crippen molar-refractivity contribution in [2.75, 3.05) is 13.2 Å². The van der Waals surface area contributed by atoms with Crippen molar-refractivity contribution in [3.05, 3.63) is 29.8 Å². The number of aryl methyl sites for hydroxylation is 1. The molecule has 0 saturated carbocycles. The molecule has 1 aromatic rings. The molecule has 1 N–H and O–H groups in total. The Kier molecular flexibility index (Phi) is 5.21. The number of carboxylic acid groups (broad SMARTS) is 1. The number of ether oxygens (including phenoxy) is 2. The molecule has 1 aromatic carbocycles. The van der Waals surface area contributed by atoms with Gasteiger partial charge >= 0.3 is 5.97 Å². The number of aliphatic carboxylic acids is 1. The van der Waals surface area contributed by atoms with Gasteiger partial charge in [0.05, 0.1) is 13.2 Å². The van der Waals surface area contributed by atoms with Crippen LogP contribution in [-0.4, -0.2) is 30.4 Å². The normalized spacial score (nSPS) is 16.2. The summed E-state index contributed by atoms with van der Waals surface area (Å²) in [4.78, 5) is 10.5. The largest absolute Gasteiger partial charge is 0.490 e. The van der Waals surface area contributed by atoms with Crippen LogP contribution in [0, 0.1) is 0 Å². The molecule has 0 amide bonds. The molecule has 0 aliphatic carbocycles. The summed E-state index contributed by atoms with van der Waals surface area (Å²) in [6.45, 7) is 1.51. The Morgan fingerprint density at radius 3 is 2.79 bits per heavy atom. The van der Waals surface area contributed by atoms with E-state index in [9.17, 15) is 4.79 Å². The van der Waals surface area contributed by atoms with Crippen LogP contribution in [0.3, 0.4) is 0 Å². The lowest BCUT2D eigenvalue weighted by atomic mass is 10.1. The van der Waals surface area contributed by atoms with E-state index in [1.54, 1.807) is 0 Å². The van der Waals surface area contributed by atoms with Crippen LogP contribution in [0.2, 0.25) is 0 Å². The zero-order valence-corrected chi connectivity index (χ0v) is 11.0. The molecular formula is C15H20O4. The van der Waals surface area contributed by atoms with Gasteiger partial charge in [-0.25, -0.2) is 0 Å². The van der Waals surface area contributed by atoms with Crippen molar-refractivity contribution in [2.45, 2.75) is 38.2 Å². The van der Waals surface area contributed by atoms with Crippen LogP contribution in [0.25, 0.3) is 0 Å². The van der Waals surface area contributed by atoms with Gasteiger partial charge in [0.2, 0.25) is 0 Å². The molecule has 1 fully saturated rings. The van der Waals surface area contributed by atoms with Crippen molar-refractivity contribution in [2.24, 2.45) is 0 Å². The van der Waals surface area contributed by atoms with E-state index in [1.165, 1.54) is 0 Å². The number of rotatable bonds is 6. The fourth-order valence-electron chi connectivity index (χ4n) is 2.23. The van der Waals surface area contributed by atoms with Crippen LogP contribution in [-0.2, 0) is 16.0 Å². The molecule has 104 valence electrons. The Morgan fingerprint density at radius 1 is 1.32 bits per heavy atom. The number of hydrogen-bond donors (Lipinski definition) is 1. The number of hydrogen-bond acceptors (Lipinski definition) is 3. The lowest BCUT2D eigenvalue weighted by molar-refractivity contribution is -0.137. The topological polar surface area (TPSA) is 55.8 Å². The highest BCUT2D eigenvalue weighted by molar-refractivity contribution is 5.66. The summed E-state index contributed by atoms with van der Waals surface area (Å²) >= 11 is 0. The van der Waals surface area contributed by atoms with E-state index in [0.29, 0.717) is 6.42 Å². The zero-order valence-electron chi connectivity index (χ0n) is 11.0. The molecule has 4 heteroatoms. The molecule has 4 nitrogen and oxygen atoms in total. The Bertz CT molecular complexity index is 410. The van der Waals surface area contributed by atoms with Gasteiger partial charge in [-0.3, -0.25) is 4.79 Å². The first-order chi connectivity index (χ1) is 9.25. The summed E-state index contributed by atoms with van der Waals surface area (Å²) < 4.78 is 11.3. The lowest BCUT2D eigenvalue weighted by Gasteiger charge is -2.24. The predicted octanol–water partition coefficient (Wildman–Crippen LogP) is 2.65. The first-order valence-corrected chi connectivity index (χ1v) is 6.80. The molecule has 0 bridgehead atoms. The van der Waals surface area contributed by atoms with Crippen molar-refractivity contribution in [3.8, 4) is 5.75 Å². The minimum absolute atomic E-state index is 0.200. The second kappa shape index (κ2) is 7.14. The summed E-state index contributed by atoms with van der Waals surface area (Å²) in [6.07, 6.45) is 3.64. The molecule has 0 radical (unpaired) electrons. The molecule has 0 atom stereocenters. The molecule has 0 spiro atoms. The average molecular weight is 264 g/mol. The molecule has 1 heterocycles. The van der Waals surface area contributed by atoms with E-state index >= 15 is 0 Å². The van der Waals surface area contributed by atoms with Gasteiger partial charge < -0.3 is 14.6 Å². The van der Waals surface area contributed by atoms with Gasteiger partial charge in [0.15, 0.2) is 0 Å². The van der Waals surface area contributed by atoms with Crippen molar-refractivity contribution in [1.29, 1.82) is 0 Å². The number of para-hydroxylation sites is 1. The van der Waals surface area contributed by atoms with E-state index in [-0.39, 0.29) is 12.5 Å². The fraction of sp³-hybridized carbons (Fsp3) is 0.533. The second-order valence-electron chi connectivity index (χ2n) is 4.78. The maximum absolute atomic E-state index is 10.5. The van der Waals surface area contributed by atoms with Crippen molar-refractivity contribution in [1.82, 2.24) is 0 Å². The summed E-state index contributed by atoms with van der Waals surface area (Å²) in [5.74, 6) is 0.141. The monoisotopic (exact) mass is 264 g/mol. The van der Waals surface area contributed by atoms with Gasteiger partial charge in [-0.2, -0.15) is 0 Å². The van der Waals surface area contributed by atoms with Crippen LogP contribution < -0.4 is 4.74 Å². The third-order valence-corrected chi connectivity index (χ3v) is 3.27. The third kappa shape index (κ3) is 4.56. The predicted molar refractivity (Wildman–Crippen MR) is 71.5 cm³/mol. The SMILES string of the molecule is O=C(O)CCCc1ccccc1OC1CCOCC1. The highest BCUT2D eigenvalue weighted by Crippen LogP contribution is 2.24. The summed E-state index contributed by atoms with van der Waals surface area (Å²) in [7, 11) is 0. The molecule has 2 rings (SSSR count). The van der Waals surface area contributed by atoms with Crippen LogP contribution in [0.1, 0.15) is 31.2 Å². The van der Waals surface area contributed by atoms with Crippen molar-refractivity contribution in [3.63, 3.8) is 0 Å². The van der Waals surface area contributed by atoms with E-state index in [0.717, 1.165) is 43.8 Å². The molecule has 1 aliphatic heterocycles. The summed E-state index contributed by atoms with van der Waals surface area (Å²) in [5.41, 5.74) is 1.09. The van der Waals surface area contributed by atoms with Gasteiger partial charge in [0.25, 0.3) is 0 Å². The highest BCUT2D eigenvalue weighted by Gasteiger charge is 2.16. The summed E-state index contributed by atoms with van der Waals surface area (Å²) in [5, 5.41) is 8.68. The standard InChI is InChI=1S/C15H20O4/c16-15(17)7-3-5-12-4-1-2-6-14(12)19-13-8-10-18-11-9-13/h1-2,4,6,13H,3,5,7-11H2,(H,16,17). The van der Waals surface area contributed by atoms with E-state index in [2.05, 4.69) is 0 Å². The number of benzene rings is 1. The lowest BCUT2D eigenvalue weighted by Crippen LogP contribution is -2.26. The quantitative estimate of drug-likeness (QED) is 0.858. The van der Waals surface area contributed by atoms with E-state index in [4.69, 9.17) is 14.6 Å². The minimum atomic E-state index is -0.747. The van der Waals surface area contributed by atoms with Crippen LogP contribution in [0.4, 0.5) is 0 Å². The van der Waals surface area contributed by atoms with Crippen LogP contribution >= 0.6 is 0 Å². The van der Waals surface area contributed by atoms with Crippen molar-refractivity contribution >= 4 is 5.97 Å². The molecule has 1 aliphatic rings. The molecule has 1 saturated heterocycles. The maximum atomic E-state index is 10.5. The Morgan fingerprint density at radius 2 is 2.05 bits per heavy atom. The third-order valence-electron chi connectivity index (χ3n) is 3.27. The van der Waals surface area contributed by atoms with E-state index < -0.39 is 5.97 Å². The second-order valence-corrected chi connectivity index (χ2v) is 4.78. The van der Waals surface area contributed by atoms with E-state index in [1.807, 2.05) is 24.3 Å². The number of carbonyl (C=O) groups is 1. The molecule has 19 heavy (non-hydrogen) atoms. The molecule has 0 aromatic heterocycles. The summed E-state index contributed by atoms with van der Waals surface area (Å²) in [6, 6.07) is 7.89. The zero-order chi connectivity index (χ0) is 13.5. The van der Waals surface area contributed by atoms with Gasteiger partial charge in [-0.05, 0) is 24.5 Å². The highest BCUT2D eigenvalue weighted by atomic mass is 16.5. The Balaban J connectivity index is 1.93. The smallest absolute Gasteiger partial charge is 0.303 e.